The molecule has 320 valence electrons. The van der Waals surface area contributed by atoms with Crippen LogP contribution in [0.1, 0.15) is 82.4 Å². The molecule has 2 aromatic carbocycles. The molecule has 0 fully saturated rings. The molecule has 2 atom stereocenters. The molecule has 4 N–H and O–H groups in total. The number of nitrogens with one attached hydrogen (secondary N) is 4. The van der Waals surface area contributed by atoms with E-state index in [0.29, 0.717) is 63.9 Å². The third kappa shape index (κ3) is 8.83. The zero-order chi connectivity index (χ0) is 43.4. The fourth-order valence-electron chi connectivity index (χ4n) is 8.33. The van der Waals surface area contributed by atoms with Gasteiger partial charge in [-0.3, -0.25) is 23.4 Å². The Labute approximate surface area is 353 Å². The summed E-state index contributed by atoms with van der Waals surface area (Å²) in [6.07, 6.45) is 11.3. The van der Waals surface area contributed by atoms with Gasteiger partial charge in [-0.25, -0.2) is 13.8 Å². The molecule has 0 radical (unpaired) electrons. The number of anilines is 3. The van der Waals surface area contributed by atoms with Crippen LogP contribution in [0.2, 0.25) is 0 Å². The van der Waals surface area contributed by atoms with Crippen molar-refractivity contribution in [1.82, 2.24) is 30.1 Å². The van der Waals surface area contributed by atoms with Crippen LogP contribution in [-0.4, -0.2) is 80.1 Å². The van der Waals surface area contributed by atoms with Crippen LogP contribution in [0, 0.1) is 11.6 Å². The molecule has 5 heterocycles. The molecule has 0 spiro atoms. The average molecular weight is 855 g/mol. The standard InChI is InChI=1S/C44H48F2N8O6S/c1-47-42(57)36(13-10-16-55)54-24-32-29(43(54)58)11-9-12-35(32)48-14-7-5-4-6-8-15-49-41(56)30-19-37-31(17-26(30)25-61(3)60)33-23-52(2)44(59)39-38(33)27(20-50-39)22-53(37)40-34(46)18-28(45)21-51-40/h9,11-12,16-21,23,36,48,50H,4-8,10,13-15,22,24-25H2,1-3H3,(H,47,57)(H,49,56). The quantitative estimate of drug-likeness (QED) is 0.0648. The third-order valence-corrected chi connectivity index (χ3v) is 12.0. The number of aromatic amines is 1. The highest BCUT2D eigenvalue weighted by molar-refractivity contribution is 7.83. The highest BCUT2D eigenvalue weighted by Gasteiger charge is 2.37. The van der Waals surface area contributed by atoms with E-state index >= 15 is 4.39 Å². The summed E-state index contributed by atoms with van der Waals surface area (Å²) < 4.78 is 43.6. The van der Waals surface area contributed by atoms with E-state index in [1.165, 1.54) is 16.5 Å². The molecule has 2 unspecified atom stereocenters. The number of aryl methyl sites for hydroxylation is 1. The molecule has 61 heavy (non-hydrogen) atoms. The number of pyridine rings is 2. The number of benzene rings is 2. The van der Waals surface area contributed by atoms with Gasteiger partial charge in [-0.2, -0.15) is 0 Å². The van der Waals surface area contributed by atoms with Crippen LogP contribution < -0.4 is 26.4 Å². The van der Waals surface area contributed by atoms with Crippen molar-refractivity contribution in [3.63, 3.8) is 0 Å². The molecule has 0 saturated heterocycles. The maximum absolute atomic E-state index is 15.5. The summed E-state index contributed by atoms with van der Waals surface area (Å²) in [5, 5.41) is 9.70. The first-order valence-electron chi connectivity index (χ1n) is 20.3. The predicted octanol–water partition coefficient (Wildman–Crippen LogP) is 5.58. The van der Waals surface area contributed by atoms with Crippen molar-refractivity contribution in [2.24, 2.45) is 7.05 Å². The Hall–Kier alpha value is -6.23. The molecule has 14 nitrogen and oxygen atoms in total. The van der Waals surface area contributed by atoms with Crippen LogP contribution in [0.15, 0.2) is 59.8 Å². The van der Waals surface area contributed by atoms with Crippen molar-refractivity contribution in [2.75, 3.05) is 36.6 Å². The van der Waals surface area contributed by atoms with E-state index in [1.54, 1.807) is 48.8 Å². The number of nitrogens with zero attached hydrogens (tertiary/aromatic N) is 4. The number of H-pyrrole nitrogens is 1. The van der Waals surface area contributed by atoms with Gasteiger partial charge in [0.15, 0.2) is 11.6 Å². The summed E-state index contributed by atoms with van der Waals surface area (Å²) in [6.45, 7) is 1.40. The Bertz CT molecular complexity index is 2610. The van der Waals surface area contributed by atoms with E-state index in [-0.39, 0.29) is 66.3 Å². The molecule has 3 aromatic heterocycles. The number of halogens is 2. The molecule has 2 aliphatic rings. The largest absolute Gasteiger partial charge is 0.385 e. The first-order chi connectivity index (χ1) is 29.4. The second kappa shape index (κ2) is 18.6. The second-order valence-corrected chi connectivity index (χ2v) is 16.8. The van der Waals surface area contributed by atoms with Gasteiger partial charge in [0.05, 0.1) is 18.4 Å². The van der Waals surface area contributed by atoms with E-state index in [0.717, 1.165) is 55.5 Å². The first kappa shape index (κ1) is 42.9. The Balaban J connectivity index is 0.990. The van der Waals surface area contributed by atoms with Crippen LogP contribution in [0.5, 0.6) is 0 Å². The van der Waals surface area contributed by atoms with Crippen molar-refractivity contribution in [2.45, 2.75) is 69.8 Å². The van der Waals surface area contributed by atoms with Crippen LogP contribution in [-0.2, 0) is 46.3 Å². The van der Waals surface area contributed by atoms with Gasteiger partial charge in [0, 0.05) is 120 Å². The maximum Gasteiger partial charge on any atom is 0.274 e. The molecule has 0 saturated carbocycles. The van der Waals surface area contributed by atoms with Crippen molar-refractivity contribution in [3.05, 3.63) is 105 Å². The summed E-state index contributed by atoms with van der Waals surface area (Å²) in [5.41, 5.74) is 5.44. The number of carbonyl (C=O) groups excluding carboxylic acids is 4. The second-order valence-electron chi connectivity index (χ2n) is 15.4. The van der Waals surface area contributed by atoms with Gasteiger partial charge in [0.1, 0.15) is 23.7 Å². The topological polar surface area (TPSA) is 179 Å². The van der Waals surface area contributed by atoms with Crippen LogP contribution >= 0.6 is 0 Å². The van der Waals surface area contributed by atoms with Crippen LogP contribution in [0.4, 0.5) is 26.0 Å². The zero-order valence-electron chi connectivity index (χ0n) is 34.2. The van der Waals surface area contributed by atoms with Gasteiger partial charge >= 0.3 is 0 Å². The fraction of sp³-hybridized carbons (Fsp3) is 0.364. The Kier molecular flexibility index (Phi) is 13.1. The van der Waals surface area contributed by atoms with Gasteiger partial charge in [-0.1, -0.05) is 25.3 Å². The lowest BCUT2D eigenvalue weighted by molar-refractivity contribution is -0.125. The van der Waals surface area contributed by atoms with Crippen LogP contribution in [0.3, 0.4) is 0 Å². The van der Waals surface area contributed by atoms with Gasteiger partial charge in [-0.05, 0) is 54.7 Å². The number of amides is 3. The van der Waals surface area contributed by atoms with Crippen molar-refractivity contribution in [1.29, 1.82) is 0 Å². The fourth-order valence-corrected chi connectivity index (χ4v) is 9.01. The number of aldehydes is 1. The van der Waals surface area contributed by atoms with Gasteiger partial charge in [0.2, 0.25) is 5.91 Å². The summed E-state index contributed by atoms with van der Waals surface area (Å²) in [4.78, 5) is 74.1. The minimum Gasteiger partial charge on any atom is -0.385 e. The molecule has 17 heteroatoms. The maximum atomic E-state index is 15.5. The lowest BCUT2D eigenvalue weighted by Gasteiger charge is -2.26. The SMILES string of the molecule is CNC(=O)C(CCC=O)N1Cc2c(NCCCCCCCNC(=O)c3cc4c(cc3CS(C)=O)-c3cn(C)c(=O)c5[nH]cc(c35)CN4c3ncc(F)cc3F)cccc2C1=O. The van der Waals surface area contributed by atoms with E-state index in [9.17, 15) is 32.6 Å². The molecule has 7 rings (SSSR count). The molecular weight excluding hydrogens is 807 g/mol. The number of rotatable bonds is 18. The van der Waals surface area contributed by atoms with E-state index < -0.39 is 28.5 Å². The average Bonchev–Trinajstić information content (AvgIpc) is 3.78. The Morgan fingerprint density at radius 2 is 1.79 bits per heavy atom. The summed E-state index contributed by atoms with van der Waals surface area (Å²) >= 11 is 0. The Morgan fingerprint density at radius 1 is 1.02 bits per heavy atom. The first-order valence-corrected chi connectivity index (χ1v) is 22.0. The smallest absolute Gasteiger partial charge is 0.274 e. The molecule has 0 bridgehead atoms. The number of fused-ring (bicyclic) bond motifs is 3. The molecule has 5 aromatic rings. The number of carbonyl (C=O) groups is 4. The minimum absolute atomic E-state index is 0.0627. The summed E-state index contributed by atoms with van der Waals surface area (Å²) in [7, 11) is 1.81. The van der Waals surface area contributed by atoms with Crippen LogP contribution in [0.25, 0.3) is 22.0 Å². The van der Waals surface area contributed by atoms with Crippen molar-refractivity contribution < 1.29 is 32.2 Å². The lowest BCUT2D eigenvalue weighted by atomic mass is 9.96. The third-order valence-electron chi connectivity index (χ3n) is 11.3. The number of unbranched alkanes of at least 4 members (excludes halogenated alkanes) is 4. The number of likely N-dealkylation sites (N-methyl/N-ethyl adjacent to an activating group) is 1. The predicted molar refractivity (Wildman–Crippen MR) is 230 cm³/mol. The Morgan fingerprint density at radius 3 is 2.52 bits per heavy atom. The minimum atomic E-state index is -1.33. The zero-order valence-corrected chi connectivity index (χ0v) is 35.1. The van der Waals surface area contributed by atoms with Gasteiger partial charge < -0.3 is 40.1 Å². The highest BCUT2D eigenvalue weighted by atomic mass is 32.2. The molecular formula is C44H48F2N8O6S. The van der Waals surface area contributed by atoms with E-state index in [2.05, 4.69) is 25.9 Å². The van der Waals surface area contributed by atoms with Gasteiger partial charge in [0.25, 0.3) is 17.4 Å². The lowest BCUT2D eigenvalue weighted by Crippen LogP contribution is -2.46. The molecule has 2 aliphatic heterocycles. The number of hydrogen-bond donors (Lipinski definition) is 4. The van der Waals surface area contributed by atoms with Gasteiger partial charge in [-0.15, -0.1) is 0 Å². The highest BCUT2D eigenvalue weighted by Crippen LogP contribution is 2.45. The van der Waals surface area contributed by atoms with E-state index in [1.807, 2.05) is 12.1 Å². The van der Waals surface area contributed by atoms with Crippen molar-refractivity contribution >= 4 is 62.9 Å². The summed E-state index contributed by atoms with van der Waals surface area (Å²) in [6, 6.07) is 8.91. The monoisotopic (exact) mass is 854 g/mol. The summed E-state index contributed by atoms with van der Waals surface area (Å²) in [5.74, 6) is -2.74. The number of aromatic nitrogens is 3. The van der Waals surface area contributed by atoms with Crippen molar-refractivity contribution in [3.8, 4) is 11.1 Å². The number of hydrogen-bond acceptors (Lipinski definition) is 9. The normalized spacial score (nSPS) is 14.0. The van der Waals surface area contributed by atoms with E-state index in [4.69, 9.17) is 0 Å². The molecule has 0 aliphatic carbocycles. The molecule has 3 amide bonds.